The average molecular weight is 303 g/mol. The number of nitrogens with one attached hydrogen (secondary N) is 2. The van der Waals surface area contributed by atoms with Crippen LogP contribution in [0, 0.1) is 11.6 Å². The number of rotatable bonds is 5. The first kappa shape index (κ1) is 14.7. The van der Waals surface area contributed by atoms with E-state index in [9.17, 15) is 8.78 Å². The van der Waals surface area contributed by atoms with Crippen LogP contribution in [0.15, 0.2) is 16.5 Å². The summed E-state index contributed by atoms with van der Waals surface area (Å²) in [6, 6.07) is 1.56. The number of nitrogens with zero attached hydrogens (tertiary/aromatic N) is 2. The lowest BCUT2D eigenvalue weighted by Crippen LogP contribution is -2.17. The molecule has 1 unspecified atom stereocenters. The van der Waals surface area contributed by atoms with E-state index in [1.165, 1.54) is 0 Å². The smallest absolute Gasteiger partial charge is 0.320 e. The minimum atomic E-state index is -0.838. The van der Waals surface area contributed by atoms with E-state index in [2.05, 4.69) is 20.8 Å². The van der Waals surface area contributed by atoms with Crippen LogP contribution in [0.3, 0.4) is 0 Å². The predicted molar refractivity (Wildman–Crippen MR) is 71.0 cm³/mol. The Labute approximate surface area is 119 Å². The fourth-order valence-corrected chi connectivity index (χ4v) is 1.86. The van der Waals surface area contributed by atoms with Crippen LogP contribution < -0.4 is 10.6 Å². The largest absolute Gasteiger partial charge is 0.406 e. The summed E-state index contributed by atoms with van der Waals surface area (Å²) in [4.78, 5) is 0. The molecule has 1 aromatic carbocycles. The van der Waals surface area contributed by atoms with Gasteiger partial charge in [0.25, 0.3) is 0 Å². The Kier molecular flexibility index (Phi) is 4.51. The topological polar surface area (TPSA) is 63.0 Å². The van der Waals surface area contributed by atoms with Crippen LogP contribution in [0.25, 0.3) is 0 Å². The molecule has 0 amide bonds. The molecule has 0 saturated carbocycles. The van der Waals surface area contributed by atoms with Gasteiger partial charge in [-0.05, 0) is 19.5 Å². The van der Waals surface area contributed by atoms with Crippen LogP contribution in [-0.2, 0) is 0 Å². The Hall–Kier alpha value is -1.73. The van der Waals surface area contributed by atoms with Crippen LogP contribution in [-0.4, -0.2) is 16.7 Å². The van der Waals surface area contributed by atoms with Crippen molar-refractivity contribution >= 4 is 23.3 Å². The van der Waals surface area contributed by atoms with Crippen molar-refractivity contribution in [2.24, 2.45) is 0 Å². The van der Waals surface area contributed by atoms with Gasteiger partial charge in [-0.1, -0.05) is 23.6 Å². The summed E-state index contributed by atoms with van der Waals surface area (Å²) in [6.45, 7) is 4.54. The summed E-state index contributed by atoms with van der Waals surface area (Å²) < 4.78 is 31.9. The standard InChI is InChI=1S/C12H13ClF2N4O/c1-3-16-6(2)11-18-19-12(20-11)17-10-8(13)4-7(14)5-9(10)15/h4-6,16H,3H2,1-2H3,(H,17,19). The zero-order valence-electron chi connectivity index (χ0n) is 10.9. The molecule has 0 fully saturated rings. The molecule has 1 heterocycles. The molecule has 1 aromatic heterocycles. The predicted octanol–water partition coefficient (Wildman–Crippen LogP) is 3.42. The molecule has 0 saturated heterocycles. The van der Waals surface area contributed by atoms with E-state index in [1.807, 2.05) is 13.8 Å². The molecule has 20 heavy (non-hydrogen) atoms. The highest BCUT2D eigenvalue weighted by Gasteiger charge is 2.16. The van der Waals surface area contributed by atoms with E-state index in [0.29, 0.717) is 12.0 Å². The number of hydrogen-bond donors (Lipinski definition) is 2. The molecule has 2 rings (SSSR count). The highest BCUT2D eigenvalue weighted by molar-refractivity contribution is 6.33. The molecule has 2 aromatic rings. The van der Waals surface area contributed by atoms with E-state index in [4.69, 9.17) is 16.0 Å². The minimum Gasteiger partial charge on any atom is -0.406 e. The van der Waals surface area contributed by atoms with Gasteiger partial charge in [-0.3, -0.25) is 0 Å². The van der Waals surface area contributed by atoms with Crippen LogP contribution in [0.2, 0.25) is 5.02 Å². The zero-order chi connectivity index (χ0) is 14.7. The lowest BCUT2D eigenvalue weighted by Gasteiger charge is -2.07. The Morgan fingerprint density at radius 1 is 1.35 bits per heavy atom. The van der Waals surface area contributed by atoms with Gasteiger partial charge in [0.15, 0.2) is 5.82 Å². The number of halogens is 3. The first-order chi connectivity index (χ1) is 9.51. The van der Waals surface area contributed by atoms with Crippen molar-refractivity contribution in [1.82, 2.24) is 15.5 Å². The van der Waals surface area contributed by atoms with E-state index in [-0.39, 0.29) is 22.8 Å². The summed E-state index contributed by atoms with van der Waals surface area (Å²) in [6.07, 6.45) is 0. The van der Waals surface area contributed by atoms with Crippen LogP contribution in [0.4, 0.5) is 20.5 Å². The van der Waals surface area contributed by atoms with Gasteiger partial charge in [0.1, 0.15) is 5.82 Å². The molecule has 0 spiro atoms. The second-order valence-corrected chi connectivity index (χ2v) is 4.50. The van der Waals surface area contributed by atoms with Crippen molar-refractivity contribution in [3.63, 3.8) is 0 Å². The lowest BCUT2D eigenvalue weighted by molar-refractivity contribution is 0.430. The molecular weight excluding hydrogens is 290 g/mol. The molecule has 0 bridgehead atoms. The Balaban J connectivity index is 2.19. The summed E-state index contributed by atoms with van der Waals surface area (Å²) in [5.74, 6) is -1.24. The molecule has 0 aliphatic rings. The first-order valence-corrected chi connectivity index (χ1v) is 6.37. The maximum atomic E-state index is 13.6. The fourth-order valence-electron chi connectivity index (χ4n) is 1.62. The van der Waals surface area contributed by atoms with Gasteiger partial charge in [0.2, 0.25) is 5.89 Å². The first-order valence-electron chi connectivity index (χ1n) is 5.99. The second kappa shape index (κ2) is 6.15. The van der Waals surface area contributed by atoms with Crippen LogP contribution >= 0.6 is 11.6 Å². The Bertz CT molecular complexity index is 582. The summed E-state index contributed by atoms with van der Waals surface area (Å²) >= 11 is 5.76. The van der Waals surface area contributed by atoms with Gasteiger partial charge in [0.05, 0.1) is 16.8 Å². The van der Waals surface area contributed by atoms with Gasteiger partial charge >= 0.3 is 6.01 Å². The molecule has 8 heteroatoms. The van der Waals surface area contributed by atoms with Crippen LogP contribution in [0.1, 0.15) is 25.8 Å². The molecule has 0 aliphatic carbocycles. The molecule has 2 N–H and O–H groups in total. The van der Waals surface area contributed by atoms with E-state index < -0.39 is 11.6 Å². The normalized spacial score (nSPS) is 12.4. The van der Waals surface area contributed by atoms with Gasteiger partial charge in [-0.25, -0.2) is 8.78 Å². The maximum absolute atomic E-state index is 13.6. The van der Waals surface area contributed by atoms with Crippen molar-refractivity contribution < 1.29 is 13.2 Å². The van der Waals surface area contributed by atoms with Crippen molar-refractivity contribution in [1.29, 1.82) is 0 Å². The van der Waals surface area contributed by atoms with E-state index in [1.54, 1.807) is 0 Å². The summed E-state index contributed by atoms with van der Waals surface area (Å²) in [5.41, 5.74) is -0.112. The molecule has 0 aliphatic heterocycles. The van der Waals surface area contributed by atoms with Gasteiger partial charge < -0.3 is 15.1 Å². The van der Waals surface area contributed by atoms with E-state index in [0.717, 1.165) is 12.6 Å². The number of hydrogen-bond acceptors (Lipinski definition) is 5. The van der Waals surface area contributed by atoms with Gasteiger partial charge in [0, 0.05) is 6.07 Å². The fraction of sp³-hybridized carbons (Fsp3) is 0.333. The molecule has 108 valence electrons. The third-order valence-electron chi connectivity index (χ3n) is 2.56. The van der Waals surface area contributed by atoms with Crippen LogP contribution in [0.5, 0.6) is 0 Å². The van der Waals surface area contributed by atoms with Gasteiger partial charge in [-0.15, -0.1) is 5.10 Å². The monoisotopic (exact) mass is 302 g/mol. The molecule has 5 nitrogen and oxygen atoms in total. The highest BCUT2D eigenvalue weighted by atomic mass is 35.5. The van der Waals surface area contributed by atoms with Crippen molar-refractivity contribution in [3.8, 4) is 0 Å². The Morgan fingerprint density at radius 3 is 2.75 bits per heavy atom. The number of benzene rings is 1. The number of anilines is 2. The van der Waals surface area contributed by atoms with Gasteiger partial charge in [-0.2, -0.15) is 0 Å². The summed E-state index contributed by atoms with van der Waals surface area (Å²) in [7, 11) is 0. The second-order valence-electron chi connectivity index (χ2n) is 4.09. The third-order valence-corrected chi connectivity index (χ3v) is 2.86. The number of aromatic nitrogens is 2. The van der Waals surface area contributed by atoms with Crippen molar-refractivity contribution in [2.45, 2.75) is 19.9 Å². The minimum absolute atomic E-state index is 0.0165. The van der Waals surface area contributed by atoms with Crippen molar-refractivity contribution in [2.75, 3.05) is 11.9 Å². The third kappa shape index (κ3) is 3.23. The summed E-state index contributed by atoms with van der Waals surface area (Å²) in [5, 5.41) is 13.1. The maximum Gasteiger partial charge on any atom is 0.320 e. The molecule has 1 atom stereocenters. The Morgan fingerprint density at radius 2 is 2.10 bits per heavy atom. The SMILES string of the molecule is CCNC(C)c1nnc(Nc2c(F)cc(F)cc2Cl)o1. The van der Waals surface area contributed by atoms with E-state index >= 15 is 0 Å². The molecule has 0 radical (unpaired) electrons. The highest BCUT2D eigenvalue weighted by Crippen LogP contribution is 2.29. The quantitative estimate of drug-likeness (QED) is 0.886. The van der Waals surface area contributed by atoms with Crippen molar-refractivity contribution in [3.05, 3.63) is 34.7 Å². The molecular formula is C12H13ClF2N4O. The zero-order valence-corrected chi connectivity index (χ0v) is 11.6. The lowest BCUT2D eigenvalue weighted by atomic mass is 10.3. The average Bonchev–Trinajstić information content (AvgIpc) is 2.82.